The minimum absolute atomic E-state index is 0.434. The highest BCUT2D eigenvalue weighted by atomic mass is 14.9. The molecule has 2 aromatic carbocycles. The van der Waals surface area contributed by atoms with E-state index in [1.807, 2.05) is 30.6 Å². The molecule has 1 atom stereocenters. The molecule has 0 amide bonds. The summed E-state index contributed by atoms with van der Waals surface area (Å²) in [6.07, 6.45) is 3.64. The zero-order valence-corrected chi connectivity index (χ0v) is 16.9. The first-order valence-electron chi connectivity index (χ1n) is 10.2. The van der Waals surface area contributed by atoms with Gasteiger partial charge in [0.25, 0.3) is 0 Å². The van der Waals surface area contributed by atoms with E-state index in [-0.39, 0.29) is 0 Å². The topological polar surface area (TPSA) is 80.0 Å². The summed E-state index contributed by atoms with van der Waals surface area (Å²) in [4.78, 5) is 18.1. The third-order valence-corrected chi connectivity index (χ3v) is 6.44. The first-order valence-corrected chi connectivity index (χ1v) is 10.2. The lowest BCUT2D eigenvalue weighted by molar-refractivity contribution is 0.670. The van der Waals surface area contributed by atoms with E-state index in [9.17, 15) is 0 Å². The number of H-pyrrole nitrogens is 1. The lowest BCUT2D eigenvalue weighted by Gasteiger charge is -2.27. The molecule has 0 radical (unpaired) electrons. The minimum Gasteiger partial charge on any atom is -0.358 e. The maximum Gasteiger partial charge on any atom is 0.0986 e. The molecule has 5 nitrogen and oxygen atoms in total. The van der Waals surface area contributed by atoms with Crippen molar-refractivity contribution in [3.8, 4) is 0 Å². The van der Waals surface area contributed by atoms with Crippen molar-refractivity contribution in [2.24, 2.45) is 10.7 Å². The largest absolute Gasteiger partial charge is 0.358 e. The van der Waals surface area contributed by atoms with Crippen LogP contribution >= 0.6 is 0 Å². The molecule has 5 aromatic rings. The van der Waals surface area contributed by atoms with Gasteiger partial charge in [0.15, 0.2) is 0 Å². The van der Waals surface area contributed by atoms with Crippen LogP contribution in [-0.4, -0.2) is 27.2 Å². The molecule has 4 heterocycles. The molecule has 0 bridgehead atoms. The number of pyridine rings is 2. The number of fused-ring (bicyclic) bond motifs is 7. The van der Waals surface area contributed by atoms with Crippen LogP contribution in [0.3, 0.4) is 0 Å². The second kappa shape index (κ2) is 5.97. The first-order chi connectivity index (χ1) is 14.6. The van der Waals surface area contributed by atoms with Gasteiger partial charge in [-0.3, -0.25) is 15.0 Å². The summed E-state index contributed by atoms with van der Waals surface area (Å²) in [5.74, 6) is 0. The number of nitrogens with zero attached hydrogens (tertiary/aromatic N) is 3. The van der Waals surface area contributed by atoms with Crippen LogP contribution in [-0.2, 0) is 5.41 Å². The van der Waals surface area contributed by atoms with E-state index in [4.69, 9.17) is 10.7 Å². The molecular formula is C25H21N5. The Morgan fingerprint density at radius 3 is 2.33 bits per heavy atom. The summed E-state index contributed by atoms with van der Waals surface area (Å²) < 4.78 is 0. The van der Waals surface area contributed by atoms with Gasteiger partial charge in [-0.1, -0.05) is 24.3 Å². The number of hydrogen-bond donors (Lipinski definition) is 2. The molecule has 3 N–H and O–H groups in total. The highest BCUT2D eigenvalue weighted by Crippen LogP contribution is 2.50. The third-order valence-electron chi connectivity index (χ3n) is 6.44. The molecule has 1 unspecified atom stereocenters. The van der Waals surface area contributed by atoms with Crippen LogP contribution in [0.5, 0.6) is 0 Å². The summed E-state index contributed by atoms with van der Waals surface area (Å²) in [5.41, 5.74) is 14.3. The van der Waals surface area contributed by atoms with Crippen molar-refractivity contribution in [3.63, 3.8) is 0 Å². The van der Waals surface area contributed by atoms with E-state index < -0.39 is 5.41 Å². The minimum atomic E-state index is -0.434. The second-order valence-corrected chi connectivity index (χ2v) is 8.19. The predicted molar refractivity (Wildman–Crippen MR) is 123 cm³/mol. The van der Waals surface area contributed by atoms with Crippen LogP contribution in [0.2, 0.25) is 0 Å². The molecule has 6 rings (SSSR count). The number of hydrogen-bond acceptors (Lipinski definition) is 4. The normalized spacial score (nSPS) is 18.3. The number of aromatic amines is 1. The van der Waals surface area contributed by atoms with Crippen LogP contribution < -0.4 is 5.73 Å². The Hall–Kier alpha value is -3.57. The summed E-state index contributed by atoms with van der Waals surface area (Å²) >= 11 is 0. The molecule has 0 saturated carbocycles. The third kappa shape index (κ3) is 2.07. The Morgan fingerprint density at radius 2 is 1.57 bits per heavy atom. The van der Waals surface area contributed by atoms with Crippen LogP contribution in [0.1, 0.15) is 23.7 Å². The monoisotopic (exact) mass is 391 g/mol. The van der Waals surface area contributed by atoms with Gasteiger partial charge in [-0.25, -0.2) is 0 Å². The fourth-order valence-corrected chi connectivity index (χ4v) is 4.98. The highest BCUT2D eigenvalue weighted by molar-refractivity contribution is 6.25. The van der Waals surface area contributed by atoms with E-state index in [0.717, 1.165) is 55.5 Å². The van der Waals surface area contributed by atoms with Gasteiger partial charge < -0.3 is 10.7 Å². The standard InChI is InChI=1S/C25H21N5/c1-14-19(15-7-3-4-10-18(15)29-14)24-25(2,13-26)20-16-8-5-11-27-22(16)23-17(21(20)30-24)9-6-12-28-23/h3-12,29H,13,26H2,1-2H3. The summed E-state index contributed by atoms with van der Waals surface area (Å²) in [5, 5.41) is 3.26. The Kier molecular flexibility index (Phi) is 3.44. The van der Waals surface area contributed by atoms with Crippen LogP contribution in [0, 0.1) is 6.92 Å². The lowest BCUT2D eigenvalue weighted by atomic mass is 9.74. The number of nitrogens with two attached hydrogens (primary N) is 1. The second-order valence-electron chi connectivity index (χ2n) is 8.19. The highest BCUT2D eigenvalue weighted by Gasteiger charge is 2.43. The number of aliphatic imine (C=N–C) groups is 1. The van der Waals surface area contributed by atoms with E-state index in [1.165, 1.54) is 5.39 Å². The molecule has 5 heteroatoms. The smallest absolute Gasteiger partial charge is 0.0986 e. The lowest BCUT2D eigenvalue weighted by Crippen LogP contribution is -2.38. The molecular weight excluding hydrogens is 370 g/mol. The van der Waals surface area contributed by atoms with Crippen molar-refractivity contribution in [2.75, 3.05) is 6.54 Å². The van der Waals surface area contributed by atoms with E-state index in [0.29, 0.717) is 6.54 Å². The quantitative estimate of drug-likeness (QED) is 0.419. The zero-order chi connectivity index (χ0) is 20.5. The molecule has 146 valence electrons. The Bertz CT molecular complexity index is 1510. The van der Waals surface area contributed by atoms with Crippen LogP contribution in [0.15, 0.2) is 65.9 Å². The molecule has 30 heavy (non-hydrogen) atoms. The maximum atomic E-state index is 6.48. The zero-order valence-electron chi connectivity index (χ0n) is 16.9. The van der Waals surface area contributed by atoms with E-state index in [1.54, 1.807) is 0 Å². The molecule has 3 aromatic heterocycles. The Labute approximate surface area is 173 Å². The maximum absolute atomic E-state index is 6.48. The van der Waals surface area contributed by atoms with Crippen molar-refractivity contribution in [1.82, 2.24) is 15.0 Å². The predicted octanol–water partition coefficient (Wildman–Crippen LogP) is 4.92. The van der Waals surface area contributed by atoms with E-state index in [2.05, 4.69) is 59.1 Å². The van der Waals surface area contributed by atoms with Gasteiger partial charge in [0, 0.05) is 57.4 Å². The van der Waals surface area contributed by atoms with E-state index >= 15 is 0 Å². The van der Waals surface area contributed by atoms with Gasteiger partial charge in [-0.15, -0.1) is 0 Å². The van der Waals surface area contributed by atoms with Crippen LogP contribution in [0.25, 0.3) is 32.7 Å². The average molecular weight is 391 g/mol. The molecule has 0 fully saturated rings. The fourth-order valence-electron chi connectivity index (χ4n) is 4.98. The number of rotatable bonds is 2. The van der Waals surface area contributed by atoms with Crippen molar-refractivity contribution in [1.29, 1.82) is 0 Å². The number of nitrogens with one attached hydrogen (secondary N) is 1. The molecule has 0 spiro atoms. The number of aryl methyl sites for hydroxylation is 1. The summed E-state index contributed by atoms with van der Waals surface area (Å²) in [6.45, 7) is 4.76. The van der Waals surface area contributed by atoms with Gasteiger partial charge in [-0.2, -0.15) is 0 Å². The van der Waals surface area contributed by atoms with Crippen LogP contribution in [0.4, 0.5) is 5.69 Å². The molecule has 0 saturated heterocycles. The van der Waals surface area contributed by atoms with Crippen molar-refractivity contribution < 1.29 is 0 Å². The summed E-state index contributed by atoms with van der Waals surface area (Å²) in [7, 11) is 0. The molecule has 1 aliphatic heterocycles. The Balaban J connectivity index is 1.78. The average Bonchev–Trinajstić information content (AvgIpc) is 3.27. The Morgan fingerprint density at radius 1 is 0.900 bits per heavy atom. The van der Waals surface area contributed by atoms with Crippen molar-refractivity contribution in [3.05, 3.63) is 77.7 Å². The SMILES string of the molecule is Cc1[nH]c2ccccc2c1C1=Nc2c(c3cccnc3c3ncccc23)C1(C)CN. The first kappa shape index (κ1) is 17.3. The van der Waals surface area contributed by atoms with Gasteiger partial charge in [0.2, 0.25) is 0 Å². The van der Waals surface area contributed by atoms with Gasteiger partial charge in [0.1, 0.15) is 0 Å². The summed E-state index contributed by atoms with van der Waals surface area (Å²) in [6, 6.07) is 16.5. The number of benzene rings is 2. The van der Waals surface area contributed by atoms with Gasteiger partial charge in [-0.05, 0) is 38.1 Å². The number of aromatic nitrogens is 3. The molecule has 0 aliphatic carbocycles. The molecule has 1 aliphatic rings. The van der Waals surface area contributed by atoms with Crippen molar-refractivity contribution >= 4 is 44.1 Å². The van der Waals surface area contributed by atoms with Crippen molar-refractivity contribution in [2.45, 2.75) is 19.3 Å². The number of para-hydroxylation sites is 1. The van der Waals surface area contributed by atoms with Gasteiger partial charge >= 0.3 is 0 Å². The fraction of sp³-hybridized carbons (Fsp3) is 0.160. The van der Waals surface area contributed by atoms with Gasteiger partial charge in [0.05, 0.1) is 27.8 Å².